The maximum Gasteiger partial charge on any atom is 0.214 e. The Balaban J connectivity index is 0.894. The number of ether oxygens (including phenoxy) is 1. The zero-order valence-electron chi connectivity index (χ0n) is 23.1. The molecule has 0 aliphatic heterocycles. The van der Waals surface area contributed by atoms with Crippen LogP contribution in [-0.4, -0.2) is 38.4 Å². The SMILES string of the molecule is C[C@]12CC[C@@H]3c4ccc(OCCCCCCCSc5nnnn5-c5ccccc5)cc4CC[C@H]3[C@@H]1CCC2=O. The second-order valence-corrected chi connectivity index (χ2v) is 12.9. The molecule has 0 radical (unpaired) electrons. The van der Waals surface area contributed by atoms with Crippen molar-refractivity contribution in [3.05, 3.63) is 59.7 Å². The predicted octanol–water partition coefficient (Wildman–Crippen LogP) is 7.21. The molecule has 6 rings (SSSR count). The van der Waals surface area contributed by atoms with Crippen LogP contribution in [0, 0.1) is 17.3 Å². The van der Waals surface area contributed by atoms with Crippen LogP contribution < -0.4 is 4.74 Å². The lowest BCUT2D eigenvalue weighted by Gasteiger charge is -2.48. The second kappa shape index (κ2) is 11.8. The number of benzene rings is 2. The lowest BCUT2D eigenvalue weighted by Crippen LogP contribution is -2.42. The molecule has 0 saturated heterocycles. The number of aromatic nitrogens is 4. The second-order valence-electron chi connectivity index (χ2n) is 11.9. The third kappa shape index (κ3) is 5.52. The van der Waals surface area contributed by atoms with Crippen LogP contribution in [0.3, 0.4) is 0 Å². The first-order valence-corrected chi connectivity index (χ1v) is 15.9. The average molecular weight is 545 g/mol. The van der Waals surface area contributed by atoms with Gasteiger partial charge in [-0.3, -0.25) is 4.79 Å². The largest absolute Gasteiger partial charge is 0.494 e. The van der Waals surface area contributed by atoms with Gasteiger partial charge in [-0.05, 0) is 109 Å². The van der Waals surface area contributed by atoms with Gasteiger partial charge in [-0.15, -0.1) is 5.10 Å². The highest BCUT2D eigenvalue weighted by molar-refractivity contribution is 7.99. The normalized spacial score (nSPS) is 25.7. The molecule has 0 N–H and O–H groups in total. The summed E-state index contributed by atoms with van der Waals surface area (Å²) in [5.41, 5.74) is 3.98. The van der Waals surface area contributed by atoms with Crippen LogP contribution in [0.2, 0.25) is 0 Å². The molecule has 2 fully saturated rings. The summed E-state index contributed by atoms with van der Waals surface area (Å²) < 4.78 is 7.97. The Morgan fingerprint density at radius 2 is 1.85 bits per heavy atom. The van der Waals surface area contributed by atoms with E-state index >= 15 is 0 Å². The van der Waals surface area contributed by atoms with E-state index in [4.69, 9.17) is 4.74 Å². The van der Waals surface area contributed by atoms with Gasteiger partial charge in [0.25, 0.3) is 0 Å². The highest BCUT2D eigenvalue weighted by atomic mass is 32.2. The van der Waals surface area contributed by atoms with Crippen LogP contribution in [0.1, 0.15) is 88.2 Å². The molecule has 0 spiro atoms. The van der Waals surface area contributed by atoms with Crippen molar-refractivity contribution in [1.82, 2.24) is 20.2 Å². The fourth-order valence-corrected chi connectivity index (χ4v) is 8.40. The molecule has 39 heavy (non-hydrogen) atoms. The first-order valence-electron chi connectivity index (χ1n) is 14.9. The Morgan fingerprint density at radius 1 is 1.00 bits per heavy atom. The molecule has 1 heterocycles. The van der Waals surface area contributed by atoms with Crippen LogP contribution in [0.4, 0.5) is 0 Å². The molecular weight excluding hydrogens is 504 g/mol. The third-order valence-corrected chi connectivity index (χ3v) is 10.6. The Bertz CT molecular complexity index is 1280. The summed E-state index contributed by atoms with van der Waals surface area (Å²) in [5, 5.41) is 13.0. The van der Waals surface area contributed by atoms with Gasteiger partial charge in [-0.1, -0.05) is 62.2 Å². The number of tetrazole rings is 1. The number of Topliss-reactive ketones (excluding diaryl/α,β-unsaturated/α-hetero) is 1. The van der Waals surface area contributed by atoms with Crippen LogP contribution in [0.15, 0.2) is 53.7 Å². The van der Waals surface area contributed by atoms with Crippen LogP contribution >= 0.6 is 11.8 Å². The van der Waals surface area contributed by atoms with Gasteiger partial charge in [0.1, 0.15) is 11.5 Å². The molecule has 2 saturated carbocycles. The van der Waals surface area contributed by atoms with Gasteiger partial charge in [-0.2, -0.15) is 4.68 Å². The van der Waals surface area contributed by atoms with E-state index < -0.39 is 0 Å². The van der Waals surface area contributed by atoms with E-state index in [0.29, 0.717) is 23.5 Å². The fraction of sp³-hybridized carbons (Fsp3) is 0.562. The van der Waals surface area contributed by atoms with Crippen molar-refractivity contribution in [2.45, 2.75) is 88.6 Å². The monoisotopic (exact) mass is 544 g/mol. The van der Waals surface area contributed by atoms with Gasteiger partial charge in [0.2, 0.25) is 5.16 Å². The summed E-state index contributed by atoms with van der Waals surface area (Å²) in [6.45, 7) is 3.04. The fourth-order valence-electron chi connectivity index (χ4n) is 7.51. The maximum absolute atomic E-state index is 12.6. The molecular formula is C32H40N4O2S. The number of hydrogen-bond donors (Lipinski definition) is 0. The molecule has 6 nitrogen and oxygen atoms in total. The average Bonchev–Trinajstić information content (AvgIpc) is 3.56. The third-order valence-electron chi connectivity index (χ3n) is 9.64. The molecule has 0 unspecified atom stereocenters. The number of carbonyl (C=O) groups excluding carboxylic acids is 1. The van der Waals surface area contributed by atoms with E-state index in [1.165, 1.54) is 43.2 Å². The minimum Gasteiger partial charge on any atom is -0.494 e. The molecule has 0 bridgehead atoms. The number of fused-ring (bicyclic) bond motifs is 5. The summed E-state index contributed by atoms with van der Waals surface area (Å²) in [7, 11) is 0. The molecule has 4 atom stereocenters. The van der Waals surface area contributed by atoms with Gasteiger partial charge < -0.3 is 4.74 Å². The van der Waals surface area contributed by atoms with Crippen molar-refractivity contribution in [3.63, 3.8) is 0 Å². The van der Waals surface area contributed by atoms with Gasteiger partial charge in [-0.25, -0.2) is 0 Å². The smallest absolute Gasteiger partial charge is 0.214 e. The quantitative estimate of drug-likeness (QED) is 0.188. The lowest BCUT2D eigenvalue weighted by atomic mass is 9.55. The highest BCUT2D eigenvalue weighted by Crippen LogP contribution is 2.59. The standard InChI is InChI=1S/C32H40N4O2S/c1-32-19-18-27-26-15-13-25(22-23(26)12-14-28(27)29(32)16-17-30(32)37)38-20-8-3-2-4-9-21-39-31-33-34-35-36(31)24-10-6-5-7-11-24/h5-7,10-11,13,15,22,27-29H,2-4,8-9,12,14,16-21H2,1H3/t27-,28-,29+,32+/m1/s1. The van der Waals surface area contributed by atoms with E-state index in [1.54, 1.807) is 11.8 Å². The van der Waals surface area contributed by atoms with E-state index in [1.807, 2.05) is 35.0 Å². The van der Waals surface area contributed by atoms with Crippen molar-refractivity contribution in [1.29, 1.82) is 0 Å². The predicted molar refractivity (Wildman–Crippen MR) is 155 cm³/mol. The lowest BCUT2D eigenvalue weighted by molar-refractivity contribution is -0.129. The van der Waals surface area contributed by atoms with E-state index in [-0.39, 0.29) is 5.41 Å². The summed E-state index contributed by atoms with van der Waals surface area (Å²) >= 11 is 1.72. The van der Waals surface area contributed by atoms with Crippen LogP contribution in [0.5, 0.6) is 5.75 Å². The number of para-hydroxylation sites is 1. The van der Waals surface area contributed by atoms with Gasteiger partial charge in [0, 0.05) is 17.6 Å². The Kier molecular flexibility index (Phi) is 8.05. The van der Waals surface area contributed by atoms with Crippen molar-refractivity contribution in [3.8, 4) is 11.4 Å². The molecule has 2 aromatic carbocycles. The number of ketones is 1. The van der Waals surface area contributed by atoms with Gasteiger partial charge in [0.05, 0.1) is 12.3 Å². The van der Waals surface area contributed by atoms with Crippen LogP contribution in [-0.2, 0) is 11.2 Å². The van der Waals surface area contributed by atoms with Crippen LogP contribution in [0.25, 0.3) is 5.69 Å². The molecule has 3 aliphatic rings. The summed E-state index contributed by atoms with van der Waals surface area (Å²) in [6, 6.07) is 16.9. The molecule has 0 amide bonds. The number of unbranched alkanes of at least 4 members (excludes halogenated alkanes) is 4. The van der Waals surface area contributed by atoms with Crippen molar-refractivity contribution >= 4 is 17.5 Å². The summed E-state index contributed by atoms with van der Waals surface area (Å²) in [4.78, 5) is 12.6. The zero-order valence-corrected chi connectivity index (χ0v) is 23.9. The number of nitrogens with zero attached hydrogens (tertiary/aromatic N) is 4. The number of aryl methyl sites for hydroxylation is 1. The van der Waals surface area contributed by atoms with Gasteiger partial charge in [0.15, 0.2) is 0 Å². The molecule has 3 aliphatic carbocycles. The number of rotatable bonds is 11. The summed E-state index contributed by atoms with van der Waals surface area (Å²) in [5.74, 6) is 4.50. The van der Waals surface area contributed by atoms with Crippen molar-refractivity contribution < 1.29 is 9.53 Å². The Morgan fingerprint density at radius 3 is 2.74 bits per heavy atom. The molecule has 3 aromatic rings. The highest BCUT2D eigenvalue weighted by Gasteiger charge is 2.54. The minimum atomic E-state index is -0.0404. The topological polar surface area (TPSA) is 69.9 Å². The minimum absolute atomic E-state index is 0.0404. The number of carbonyl (C=O) groups is 1. The maximum atomic E-state index is 12.6. The van der Waals surface area contributed by atoms with Crippen molar-refractivity contribution in [2.24, 2.45) is 17.3 Å². The molecule has 1 aromatic heterocycles. The molecule has 206 valence electrons. The first kappa shape index (κ1) is 26.5. The Hall–Kier alpha value is -2.67. The number of thioether (sulfide) groups is 1. The van der Waals surface area contributed by atoms with Gasteiger partial charge >= 0.3 is 0 Å². The summed E-state index contributed by atoms with van der Waals surface area (Å²) in [6.07, 6.45) is 12.4. The van der Waals surface area contributed by atoms with E-state index in [9.17, 15) is 4.79 Å². The van der Waals surface area contributed by atoms with E-state index in [2.05, 4.69) is 40.6 Å². The zero-order chi connectivity index (χ0) is 26.7. The molecule has 7 heteroatoms. The Labute approximate surface area is 236 Å². The first-order chi connectivity index (χ1) is 19.1. The number of hydrogen-bond acceptors (Lipinski definition) is 6. The van der Waals surface area contributed by atoms with E-state index in [0.717, 1.165) is 67.5 Å². The van der Waals surface area contributed by atoms with Crippen molar-refractivity contribution in [2.75, 3.05) is 12.4 Å².